The van der Waals surface area contributed by atoms with Crippen LogP contribution in [0.5, 0.6) is 0 Å². The second kappa shape index (κ2) is 5.70. The van der Waals surface area contributed by atoms with Crippen molar-refractivity contribution >= 4 is 17.3 Å². The third-order valence-electron chi connectivity index (χ3n) is 4.43. The average Bonchev–Trinajstić information content (AvgIpc) is 2.76. The van der Waals surface area contributed by atoms with Crippen molar-refractivity contribution in [1.82, 2.24) is 4.90 Å². The van der Waals surface area contributed by atoms with Crippen LogP contribution in [0.3, 0.4) is 0 Å². The molecule has 0 radical (unpaired) electrons. The van der Waals surface area contributed by atoms with Gasteiger partial charge in [0.1, 0.15) is 0 Å². The van der Waals surface area contributed by atoms with Gasteiger partial charge < -0.3 is 10.6 Å². The maximum atomic E-state index is 6.28. The first-order chi connectivity index (χ1) is 9.28. The van der Waals surface area contributed by atoms with Crippen LogP contribution in [0.1, 0.15) is 24.8 Å². The zero-order chi connectivity index (χ0) is 13.2. The Kier molecular flexibility index (Phi) is 3.96. The van der Waals surface area contributed by atoms with Crippen molar-refractivity contribution in [3.63, 3.8) is 0 Å². The van der Waals surface area contributed by atoms with Crippen LogP contribution in [-0.2, 0) is 6.54 Å². The van der Waals surface area contributed by atoms with Gasteiger partial charge in [-0.25, -0.2) is 0 Å². The number of hydrogen-bond acceptors (Lipinski definition) is 3. The zero-order valence-electron chi connectivity index (χ0n) is 11.3. The van der Waals surface area contributed by atoms with Gasteiger partial charge in [0.2, 0.25) is 0 Å². The molecule has 1 unspecified atom stereocenters. The number of fused-ring (bicyclic) bond motifs is 1. The minimum absolute atomic E-state index is 0.509. The quantitative estimate of drug-likeness (QED) is 0.903. The molecule has 0 aliphatic carbocycles. The van der Waals surface area contributed by atoms with Crippen molar-refractivity contribution in [3.05, 3.63) is 28.8 Å². The average molecular weight is 280 g/mol. The van der Waals surface area contributed by atoms with Crippen molar-refractivity contribution < 1.29 is 0 Å². The highest BCUT2D eigenvalue weighted by molar-refractivity contribution is 6.31. The molecule has 3 nitrogen and oxygen atoms in total. The highest BCUT2D eigenvalue weighted by atomic mass is 35.5. The molecule has 0 bridgehead atoms. The Bertz CT molecular complexity index is 449. The molecule has 4 heteroatoms. The van der Waals surface area contributed by atoms with Crippen LogP contribution in [0.25, 0.3) is 0 Å². The maximum Gasteiger partial charge on any atom is 0.0471 e. The van der Waals surface area contributed by atoms with E-state index in [1.807, 2.05) is 0 Å². The summed E-state index contributed by atoms with van der Waals surface area (Å²) in [6.45, 7) is 5.31. The van der Waals surface area contributed by atoms with Crippen molar-refractivity contribution in [2.75, 3.05) is 31.1 Å². The topological polar surface area (TPSA) is 32.5 Å². The molecule has 1 atom stereocenters. The summed E-state index contributed by atoms with van der Waals surface area (Å²) in [6, 6.07) is 7.04. The molecular formula is C15H22ClN3. The summed E-state index contributed by atoms with van der Waals surface area (Å²) in [5, 5.41) is 0.799. The fourth-order valence-corrected chi connectivity index (χ4v) is 3.59. The second-order valence-corrected chi connectivity index (χ2v) is 6.02. The summed E-state index contributed by atoms with van der Waals surface area (Å²) in [5.74, 6) is 0. The van der Waals surface area contributed by atoms with Crippen LogP contribution in [0.15, 0.2) is 18.2 Å². The standard InChI is InChI=1S/C15H22ClN3/c16-15-9-13(5-4-12(15)10-17)19-8-2-7-18-6-1-3-14(18)11-19/h4-5,9,14H,1-3,6-8,10-11,17H2. The first kappa shape index (κ1) is 13.2. The van der Waals surface area contributed by atoms with Crippen molar-refractivity contribution in [2.45, 2.75) is 31.8 Å². The van der Waals surface area contributed by atoms with Crippen LogP contribution in [0, 0.1) is 0 Å². The maximum absolute atomic E-state index is 6.28. The van der Waals surface area contributed by atoms with E-state index in [0.29, 0.717) is 6.54 Å². The first-order valence-electron chi connectivity index (χ1n) is 7.25. The minimum Gasteiger partial charge on any atom is -0.370 e. The van der Waals surface area contributed by atoms with Gasteiger partial charge >= 0.3 is 0 Å². The van der Waals surface area contributed by atoms with Crippen LogP contribution >= 0.6 is 11.6 Å². The van der Waals surface area contributed by atoms with Gasteiger partial charge in [-0.2, -0.15) is 0 Å². The van der Waals surface area contributed by atoms with Crippen molar-refractivity contribution in [1.29, 1.82) is 0 Å². The van der Waals surface area contributed by atoms with E-state index in [1.165, 1.54) is 38.0 Å². The molecule has 0 spiro atoms. The van der Waals surface area contributed by atoms with E-state index in [-0.39, 0.29) is 0 Å². The normalized spacial score (nSPS) is 24.3. The number of nitrogens with zero attached hydrogens (tertiary/aromatic N) is 2. The number of nitrogens with two attached hydrogens (primary N) is 1. The van der Waals surface area contributed by atoms with E-state index in [4.69, 9.17) is 17.3 Å². The molecule has 1 aromatic rings. The lowest BCUT2D eigenvalue weighted by Gasteiger charge is -2.27. The molecule has 19 heavy (non-hydrogen) atoms. The molecule has 104 valence electrons. The molecule has 0 aromatic heterocycles. The lowest BCUT2D eigenvalue weighted by atomic mass is 10.1. The van der Waals surface area contributed by atoms with Crippen LogP contribution in [0.2, 0.25) is 5.02 Å². The molecule has 3 rings (SSSR count). The third-order valence-corrected chi connectivity index (χ3v) is 4.78. The molecule has 2 aliphatic rings. The number of halogens is 1. The van der Waals surface area contributed by atoms with Crippen molar-refractivity contribution in [2.24, 2.45) is 5.73 Å². The number of anilines is 1. The van der Waals surface area contributed by atoms with Gasteiger partial charge in [-0.15, -0.1) is 0 Å². The van der Waals surface area contributed by atoms with Crippen LogP contribution in [-0.4, -0.2) is 37.1 Å². The highest BCUT2D eigenvalue weighted by Gasteiger charge is 2.28. The number of benzene rings is 1. The summed E-state index contributed by atoms with van der Waals surface area (Å²) < 4.78 is 0. The molecule has 1 aromatic carbocycles. The molecule has 2 aliphatic heterocycles. The Balaban J connectivity index is 1.79. The second-order valence-electron chi connectivity index (χ2n) is 5.61. The summed E-state index contributed by atoms with van der Waals surface area (Å²) in [6.07, 6.45) is 3.93. The third kappa shape index (κ3) is 2.73. The fraction of sp³-hybridized carbons (Fsp3) is 0.600. The monoisotopic (exact) mass is 279 g/mol. The molecule has 2 N–H and O–H groups in total. The molecule has 2 fully saturated rings. The zero-order valence-corrected chi connectivity index (χ0v) is 12.1. The van der Waals surface area contributed by atoms with Gasteiger partial charge in [0.15, 0.2) is 0 Å². The Morgan fingerprint density at radius 3 is 2.84 bits per heavy atom. The largest absolute Gasteiger partial charge is 0.370 e. The minimum atomic E-state index is 0.509. The van der Waals surface area contributed by atoms with E-state index >= 15 is 0 Å². The van der Waals surface area contributed by atoms with E-state index in [1.54, 1.807) is 0 Å². The van der Waals surface area contributed by atoms with Crippen molar-refractivity contribution in [3.8, 4) is 0 Å². The Morgan fingerprint density at radius 2 is 2.05 bits per heavy atom. The SMILES string of the molecule is NCc1ccc(N2CCCN3CCCC3C2)cc1Cl. The van der Waals surface area contributed by atoms with Gasteiger partial charge in [-0.3, -0.25) is 4.90 Å². The summed E-state index contributed by atoms with van der Waals surface area (Å²) in [4.78, 5) is 5.14. The Morgan fingerprint density at radius 1 is 1.21 bits per heavy atom. The van der Waals surface area contributed by atoms with E-state index in [2.05, 4.69) is 28.0 Å². The molecule has 0 saturated carbocycles. The van der Waals surface area contributed by atoms with Crippen LogP contribution < -0.4 is 10.6 Å². The number of rotatable bonds is 2. The Hall–Kier alpha value is -0.770. The van der Waals surface area contributed by atoms with E-state index in [0.717, 1.165) is 29.7 Å². The van der Waals surface area contributed by atoms with Gasteiger partial charge in [0, 0.05) is 42.9 Å². The molecule has 0 amide bonds. The van der Waals surface area contributed by atoms with E-state index < -0.39 is 0 Å². The highest BCUT2D eigenvalue weighted by Crippen LogP contribution is 2.28. The lowest BCUT2D eigenvalue weighted by molar-refractivity contribution is 0.273. The number of hydrogen-bond donors (Lipinski definition) is 1. The summed E-state index contributed by atoms with van der Waals surface area (Å²) in [7, 11) is 0. The predicted octanol–water partition coefficient (Wildman–Crippen LogP) is 2.47. The van der Waals surface area contributed by atoms with Gasteiger partial charge in [0.05, 0.1) is 0 Å². The van der Waals surface area contributed by atoms with Gasteiger partial charge in [-0.05, 0) is 43.5 Å². The smallest absolute Gasteiger partial charge is 0.0471 e. The summed E-state index contributed by atoms with van der Waals surface area (Å²) in [5.41, 5.74) is 7.95. The Labute approximate surface area is 120 Å². The molecule has 2 heterocycles. The van der Waals surface area contributed by atoms with Gasteiger partial charge in [0.25, 0.3) is 0 Å². The lowest BCUT2D eigenvalue weighted by Crippen LogP contribution is -2.36. The predicted molar refractivity (Wildman–Crippen MR) is 80.8 cm³/mol. The van der Waals surface area contributed by atoms with Gasteiger partial charge in [-0.1, -0.05) is 17.7 Å². The molecule has 2 saturated heterocycles. The fourth-order valence-electron chi connectivity index (χ4n) is 3.34. The first-order valence-corrected chi connectivity index (χ1v) is 7.63. The van der Waals surface area contributed by atoms with E-state index in [9.17, 15) is 0 Å². The molecular weight excluding hydrogens is 258 g/mol. The van der Waals surface area contributed by atoms with Crippen LogP contribution in [0.4, 0.5) is 5.69 Å². The summed E-state index contributed by atoms with van der Waals surface area (Å²) >= 11 is 6.28.